The summed E-state index contributed by atoms with van der Waals surface area (Å²) in [5.41, 5.74) is 0. The van der Waals surface area contributed by atoms with Crippen LogP contribution in [0.25, 0.3) is 0 Å². The molecule has 0 aromatic carbocycles. The monoisotopic (exact) mass is 164 g/mol. The molecule has 0 saturated carbocycles. The van der Waals surface area contributed by atoms with Gasteiger partial charge in [-0.25, -0.2) is 4.72 Å². The van der Waals surface area contributed by atoms with Crippen LogP contribution in [0.15, 0.2) is 0 Å². The summed E-state index contributed by atoms with van der Waals surface area (Å²) < 4.78 is 22.6. The fourth-order valence-corrected chi connectivity index (χ4v) is 1.34. The lowest BCUT2D eigenvalue weighted by molar-refractivity contribution is 0.465. The summed E-state index contributed by atoms with van der Waals surface area (Å²) in [6, 6.07) is 0.0540. The molecule has 0 aromatic heterocycles. The van der Waals surface area contributed by atoms with Gasteiger partial charge in [0.05, 0.1) is 0 Å². The zero-order valence-electron chi connectivity index (χ0n) is 6.59. The van der Waals surface area contributed by atoms with Gasteiger partial charge >= 0.3 is 0 Å². The lowest BCUT2D eigenvalue weighted by Crippen LogP contribution is -2.28. The Morgan fingerprint density at radius 1 is 1.50 bits per heavy atom. The molecule has 0 spiro atoms. The van der Waals surface area contributed by atoms with Crippen LogP contribution in [-0.2, 0) is 11.3 Å². The number of hydrogen-bond acceptors (Lipinski definition) is 2. The van der Waals surface area contributed by atoms with Crippen LogP contribution in [0.5, 0.6) is 0 Å². The van der Waals surface area contributed by atoms with E-state index >= 15 is 0 Å². The number of hydrogen-bond donors (Lipinski definition) is 1. The van der Waals surface area contributed by atoms with Gasteiger partial charge in [-0.1, -0.05) is 13.8 Å². The third-order valence-corrected chi connectivity index (χ3v) is 1.72. The van der Waals surface area contributed by atoms with Crippen LogP contribution in [0, 0.1) is 5.92 Å². The third kappa shape index (κ3) is 6.19. The molecular weight excluding hydrogens is 150 g/mol. The Morgan fingerprint density at radius 3 is 2.30 bits per heavy atom. The molecule has 0 amide bonds. The van der Waals surface area contributed by atoms with Crippen LogP contribution in [0.3, 0.4) is 0 Å². The van der Waals surface area contributed by atoms with Crippen LogP contribution in [-0.4, -0.2) is 14.8 Å². The van der Waals surface area contributed by atoms with Crippen molar-refractivity contribution in [1.82, 2.24) is 4.72 Å². The van der Waals surface area contributed by atoms with Crippen molar-refractivity contribution in [2.75, 3.05) is 0 Å². The molecule has 0 saturated heterocycles. The maximum atomic E-state index is 10.1. The first-order valence-electron chi connectivity index (χ1n) is 3.37. The molecule has 0 aliphatic rings. The second-order valence-electron chi connectivity index (χ2n) is 2.88. The first-order valence-corrected chi connectivity index (χ1v) is 4.45. The van der Waals surface area contributed by atoms with Gasteiger partial charge in [-0.05, 0) is 19.3 Å². The number of nitrogens with one attached hydrogen (secondary N) is 1. The summed E-state index contributed by atoms with van der Waals surface area (Å²) in [7, 11) is 0. The highest BCUT2D eigenvalue weighted by molar-refractivity contribution is 7.77. The fraction of sp³-hybridized carbons (Fsp3) is 1.00. The second-order valence-corrected chi connectivity index (χ2v) is 3.59. The predicted molar refractivity (Wildman–Crippen MR) is 41.0 cm³/mol. The molecule has 62 valence electrons. The van der Waals surface area contributed by atoms with Crippen molar-refractivity contribution in [2.45, 2.75) is 33.2 Å². The Kier molecular flexibility index (Phi) is 4.85. The van der Waals surface area contributed by atoms with Crippen molar-refractivity contribution in [2.24, 2.45) is 5.92 Å². The quantitative estimate of drug-likeness (QED) is 0.625. The highest BCUT2D eigenvalue weighted by Gasteiger charge is 2.02. The molecule has 2 unspecified atom stereocenters. The Hall–Kier alpha value is 0.0700. The van der Waals surface area contributed by atoms with E-state index in [0.717, 1.165) is 6.42 Å². The SMILES string of the molecule is CC(C)CC(C)NS(=O)[O-]. The largest absolute Gasteiger partial charge is 0.760 e. The van der Waals surface area contributed by atoms with Gasteiger partial charge in [0.1, 0.15) is 0 Å². The van der Waals surface area contributed by atoms with Gasteiger partial charge in [0.25, 0.3) is 0 Å². The molecule has 0 aliphatic carbocycles. The molecule has 0 rings (SSSR count). The van der Waals surface area contributed by atoms with Gasteiger partial charge in [-0.2, -0.15) is 0 Å². The molecule has 4 heteroatoms. The van der Waals surface area contributed by atoms with Gasteiger partial charge in [-0.15, -0.1) is 0 Å². The zero-order chi connectivity index (χ0) is 8.15. The maximum Gasteiger partial charge on any atom is 0.0183 e. The fourth-order valence-electron chi connectivity index (χ4n) is 0.919. The van der Waals surface area contributed by atoms with Crippen LogP contribution in [0.1, 0.15) is 27.2 Å². The van der Waals surface area contributed by atoms with E-state index in [0.29, 0.717) is 5.92 Å². The smallest absolute Gasteiger partial charge is 0.0183 e. The molecule has 0 radical (unpaired) electrons. The molecular formula is C6H14NO2S-. The zero-order valence-corrected chi connectivity index (χ0v) is 7.40. The average Bonchev–Trinajstić information content (AvgIpc) is 1.58. The molecule has 0 aliphatic heterocycles. The van der Waals surface area contributed by atoms with Gasteiger partial charge in [0, 0.05) is 17.3 Å². The minimum absolute atomic E-state index is 0.0540. The second kappa shape index (κ2) is 4.82. The Bertz CT molecular complexity index is 116. The molecule has 1 N–H and O–H groups in total. The first kappa shape index (κ1) is 10.1. The topological polar surface area (TPSA) is 52.2 Å². The van der Waals surface area contributed by atoms with E-state index in [-0.39, 0.29) is 6.04 Å². The van der Waals surface area contributed by atoms with E-state index < -0.39 is 11.3 Å². The van der Waals surface area contributed by atoms with Crippen LogP contribution >= 0.6 is 0 Å². The van der Waals surface area contributed by atoms with E-state index in [9.17, 15) is 8.76 Å². The summed E-state index contributed by atoms with van der Waals surface area (Å²) in [6.45, 7) is 5.98. The highest BCUT2D eigenvalue weighted by atomic mass is 32.2. The van der Waals surface area contributed by atoms with E-state index in [2.05, 4.69) is 18.6 Å². The summed E-state index contributed by atoms with van der Waals surface area (Å²) in [5, 5.41) is 0. The van der Waals surface area contributed by atoms with E-state index in [4.69, 9.17) is 0 Å². The van der Waals surface area contributed by atoms with Crippen molar-refractivity contribution < 1.29 is 8.76 Å². The molecule has 0 aromatic rings. The van der Waals surface area contributed by atoms with Crippen LogP contribution < -0.4 is 4.72 Å². The van der Waals surface area contributed by atoms with Crippen molar-refractivity contribution in [3.8, 4) is 0 Å². The predicted octanol–water partition coefficient (Wildman–Crippen LogP) is 0.805. The van der Waals surface area contributed by atoms with Gasteiger partial charge < -0.3 is 4.55 Å². The molecule has 3 nitrogen and oxygen atoms in total. The van der Waals surface area contributed by atoms with Gasteiger partial charge in [-0.3, -0.25) is 4.21 Å². The molecule has 0 heterocycles. The van der Waals surface area contributed by atoms with Crippen molar-refractivity contribution in [3.63, 3.8) is 0 Å². The summed E-state index contributed by atoms with van der Waals surface area (Å²) in [5.74, 6) is 0.533. The van der Waals surface area contributed by atoms with E-state index in [1.54, 1.807) is 0 Å². The first-order chi connectivity index (χ1) is 4.52. The van der Waals surface area contributed by atoms with Crippen LogP contribution in [0.4, 0.5) is 0 Å². The van der Waals surface area contributed by atoms with E-state index in [1.807, 2.05) is 6.92 Å². The lowest BCUT2D eigenvalue weighted by Gasteiger charge is -2.16. The molecule has 10 heavy (non-hydrogen) atoms. The summed E-state index contributed by atoms with van der Waals surface area (Å²) >= 11 is -2.11. The molecule has 0 bridgehead atoms. The van der Waals surface area contributed by atoms with Crippen molar-refractivity contribution >= 4 is 11.3 Å². The standard InChI is InChI=1S/C6H15NO2S/c1-5(2)4-6(3)7-10(8)9/h5-7H,4H2,1-3H3,(H,8,9)/p-1. The highest BCUT2D eigenvalue weighted by Crippen LogP contribution is 2.03. The summed E-state index contributed by atoms with van der Waals surface area (Å²) in [6.07, 6.45) is 0.883. The van der Waals surface area contributed by atoms with E-state index in [1.165, 1.54) is 0 Å². The minimum atomic E-state index is -2.11. The summed E-state index contributed by atoms with van der Waals surface area (Å²) in [4.78, 5) is 0. The maximum absolute atomic E-state index is 10.1. The van der Waals surface area contributed by atoms with Crippen molar-refractivity contribution in [3.05, 3.63) is 0 Å². The Balaban J connectivity index is 3.43. The Labute approximate surface area is 64.6 Å². The number of rotatable bonds is 4. The third-order valence-electron chi connectivity index (χ3n) is 1.12. The van der Waals surface area contributed by atoms with Gasteiger partial charge in [0.15, 0.2) is 0 Å². The van der Waals surface area contributed by atoms with Crippen LogP contribution in [0.2, 0.25) is 0 Å². The molecule has 0 fully saturated rings. The lowest BCUT2D eigenvalue weighted by atomic mass is 10.1. The van der Waals surface area contributed by atoms with Crippen molar-refractivity contribution in [1.29, 1.82) is 0 Å². The normalized spacial score (nSPS) is 17.3. The molecule has 2 atom stereocenters. The Morgan fingerprint density at radius 2 is 2.00 bits per heavy atom. The average molecular weight is 164 g/mol. The van der Waals surface area contributed by atoms with Gasteiger partial charge in [0.2, 0.25) is 0 Å². The minimum Gasteiger partial charge on any atom is -0.760 e.